The second-order valence-electron chi connectivity index (χ2n) is 3.86. The Bertz CT molecular complexity index is 293. The van der Waals surface area contributed by atoms with Gasteiger partial charge in [-0.15, -0.1) is 0 Å². The van der Waals surface area contributed by atoms with Gasteiger partial charge < -0.3 is 15.7 Å². The van der Waals surface area contributed by atoms with E-state index < -0.39 is 6.10 Å². The Kier molecular flexibility index (Phi) is 5.29. The van der Waals surface area contributed by atoms with Crippen LogP contribution in [0.15, 0.2) is 24.3 Å². The standard InChI is InChI=1S/C13H22N2O/c1-3-15(4-2)12-7-5-11(6-8-12)13(16)9-10-14/h5-8,13,16H,3-4,9-10,14H2,1-2H3. The molecule has 0 aliphatic rings. The number of benzene rings is 1. The van der Waals surface area contributed by atoms with Crippen LogP contribution in [0.2, 0.25) is 0 Å². The van der Waals surface area contributed by atoms with Crippen molar-refractivity contribution in [2.45, 2.75) is 26.4 Å². The molecule has 0 aromatic heterocycles. The molecule has 1 aromatic rings. The molecule has 0 heterocycles. The fraction of sp³-hybridized carbons (Fsp3) is 0.538. The lowest BCUT2D eigenvalue weighted by Gasteiger charge is -2.21. The summed E-state index contributed by atoms with van der Waals surface area (Å²) in [5.41, 5.74) is 7.57. The quantitative estimate of drug-likeness (QED) is 0.773. The summed E-state index contributed by atoms with van der Waals surface area (Å²) in [6, 6.07) is 8.08. The molecule has 0 radical (unpaired) electrons. The molecule has 0 fully saturated rings. The molecule has 0 saturated carbocycles. The first-order chi connectivity index (χ1) is 7.72. The van der Waals surface area contributed by atoms with Gasteiger partial charge in [0.05, 0.1) is 6.10 Å². The maximum absolute atomic E-state index is 9.77. The molecule has 3 nitrogen and oxygen atoms in total. The smallest absolute Gasteiger partial charge is 0.0802 e. The number of nitrogens with two attached hydrogens (primary N) is 1. The van der Waals surface area contributed by atoms with Crippen molar-refractivity contribution in [3.05, 3.63) is 29.8 Å². The third-order valence-corrected chi connectivity index (χ3v) is 2.85. The summed E-state index contributed by atoms with van der Waals surface area (Å²) in [6.07, 6.45) is 0.181. The number of rotatable bonds is 6. The molecule has 0 saturated heterocycles. The van der Waals surface area contributed by atoms with E-state index in [0.717, 1.165) is 18.7 Å². The first-order valence-corrected chi connectivity index (χ1v) is 5.96. The van der Waals surface area contributed by atoms with Crippen molar-refractivity contribution in [1.82, 2.24) is 0 Å². The van der Waals surface area contributed by atoms with Crippen molar-refractivity contribution < 1.29 is 5.11 Å². The van der Waals surface area contributed by atoms with Crippen LogP contribution in [0.3, 0.4) is 0 Å². The molecule has 0 bridgehead atoms. The Morgan fingerprint density at radius 2 is 1.75 bits per heavy atom. The maximum atomic E-state index is 9.77. The van der Waals surface area contributed by atoms with Gasteiger partial charge in [-0.2, -0.15) is 0 Å². The molecule has 1 atom stereocenters. The van der Waals surface area contributed by atoms with Gasteiger partial charge in [0.2, 0.25) is 0 Å². The number of hydrogen-bond acceptors (Lipinski definition) is 3. The third kappa shape index (κ3) is 3.22. The van der Waals surface area contributed by atoms with E-state index in [2.05, 4.69) is 30.9 Å². The van der Waals surface area contributed by atoms with Gasteiger partial charge in [-0.05, 0) is 44.5 Å². The Morgan fingerprint density at radius 3 is 2.19 bits per heavy atom. The highest BCUT2D eigenvalue weighted by Gasteiger charge is 2.07. The molecule has 16 heavy (non-hydrogen) atoms. The summed E-state index contributed by atoms with van der Waals surface area (Å²) in [5, 5.41) is 9.77. The Balaban J connectivity index is 2.74. The van der Waals surface area contributed by atoms with Gasteiger partial charge in [0.25, 0.3) is 0 Å². The first kappa shape index (κ1) is 13.0. The molecule has 1 aromatic carbocycles. The van der Waals surface area contributed by atoms with Gasteiger partial charge >= 0.3 is 0 Å². The lowest BCUT2D eigenvalue weighted by molar-refractivity contribution is 0.170. The van der Waals surface area contributed by atoms with E-state index in [1.807, 2.05) is 12.1 Å². The molecule has 3 N–H and O–H groups in total. The van der Waals surface area contributed by atoms with Crippen molar-refractivity contribution in [1.29, 1.82) is 0 Å². The Morgan fingerprint density at radius 1 is 1.19 bits per heavy atom. The molecule has 90 valence electrons. The van der Waals surface area contributed by atoms with E-state index >= 15 is 0 Å². The van der Waals surface area contributed by atoms with Crippen molar-refractivity contribution >= 4 is 5.69 Å². The minimum Gasteiger partial charge on any atom is -0.388 e. The SMILES string of the molecule is CCN(CC)c1ccc(C(O)CCN)cc1. The van der Waals surface area contributed by atoms with E-state index in [4.69, 9.17) is 5.73 Å². The highest BCUT2D eigenvalue weighted by atomic mass is 16.3. The number of aliphatic hydroxyl groups excluding tert-OH is 1. The van der Waals surface area contributed by atoms with E-state index in [1.165, 1.54) is 5.69 Å². The zero-order valence-electron chi connectivity index (χ0n) is 10.2. The summed E-state index contributed by atoms with van der Waals surface area (Å²) in [7, 11) is 0. The van der Waals surface area contributed by atoms with Crippen molar-refractivity contribution in [2.24, 2.45) is 5.73 Å². The average Bonchev–Trinajstić information content (AvgIpc) is 2.32. The average molecular weight is 222 g/mol. The van der Waals surface area contributed by atoms with Crippen LogP contribution in [0.25, 0.3) is 0 Å². The minimum atomic E-state index is -0.434. The van der Waals surface area contributed by atoms with Crippen LogP contribution < -0.4 is 10.6 Å². The number of aliphatic hydroxyl groups is 1. The Hall–Kier alpha value is -1.06. The van der Waals surface area contributed by atoms with Crippen LogP contribution in [-0.2, 0) is 0 Å². The molecule has 0 amide bonds. The minimum absolute atomic E-state index is 0.434. The maximum Gasteiger partial charge on any atom is 0.0802 e. The molecule has 0 aliphatic heterocycles. The summed E-state index contributed by atoms with van der Waals surface area (Å²) in [4.78, 5) is 2.28. The molecule has 0 aliphatic carbocycles. The fourth-order valence-electron chi connectivity index (χ4n) is 1.82. The summed E-state index contributed by atoms with van der Waals surface area (Å²) in [5.74, 6) is 0. The van der Waals surface area contributed by atoms with Gasteiger partial charge in [-0.3, -0.25) is 0 Å². The van der Waals surface area contributed by atoms with Gasteiger partial charge in [-0.1, -0.05) is 12.1 Å². The highest BCUT2D eigenvalue weighted by Crippen LogP contribution is 2.20. The van der Waals surface area contributed by atoms with E-state index in [1.54, 1.807) is 0 Å². The molecule has 3 heteroatoms. The van der Waals surface area contributed by atoms with E-state index in [9.17, 15) is 5.11 Å². The van der Waals surface area contributed by atoms with Crippen molar-refractivity contribution in [2.75, 3.05) is 24.5 Å². The second kappa shape index (κ2) is 6.51. The number of hydrogen-bond donors (Lipinski definition) is 2. The van der Waals surface area contributed by atoms with Crippen LogP contribution in [0.5, 0.6) is 0 Å². The van der Waals surface area contributed by atoms with E-state index in [-0.39, 0.29) is 0 Å². The summed E-state index contributed by atoms with van der Waals surface area (Å²) < 4.78 is 0. The van der Waals surface area contributed by atoms with Crippen LogP contribution in [0.1, 0.15) is 31.9 Å². The normalized spacial score (nSPS) is 12.5. The van der Waals surface area contributed by atoms with Crippen LogP contribution in [0, 0.1) is 0 Å². The highest BCUT2D eigenvalue weighted by molar-refractivity contribution is 5.47. The van der Waals surface area contributed by atoms with Gasteiger partial charge in [-0.25, -0.2) is 0 Å². The predicted molar refractivity (Wildman–Crippen MR) is 68.6 cm³/mol. The molecule has 0 spiro atoms. The van der Waals surface area contributed by atoms with Gasteiger partial charge in [0.1, 0.15) is 0 Å². The lowest BCUT2D eigenvalue weighted by Crippen LogP contribution is -2.21. The largest absolute Gasteiger partial charge is 0.388 e. The van der Waals surface area contributed by atoms with Crippen molar-refractivity contribution in [3.63, 3.8) is 0 Å². The van der Waals surface area contributed by atoms with Crippen LogP contribution in [0.4, 0.5) is 5.69 Å². The molecule has 1 unspecified atom stereocenters. The number of anilines is 1. The molecular weight excluding hydrogens is 200 g/mol. The first-order valence-electron chi connectivity index (χ1n) is 5.96. The predicted octanol–water partition coefficient (Wildman–Crippen LogP) is 1.92. The van der Waals surface area contributed by atoms with Crippen LogP contribution >= 0.6 is 0 Å². The Labute approximate surface area is 97.9 Å². The second-order valence-corrected chi connectivity index (χ2v) is 3.86. The lowest BCUT2D eigenvalue weighted by atomic mass is 10.1. The summed E-state index contributed by atoms with van der Waals surface area (Å²) in [6.45, 7) is 6.79. The fourth-order valence-corrected chi connectivity index (χ4v) is 1.82. The van der Waals surface area contributed by atoms with Crippen LogP contribution in [-0.4, -0.2) is 24.7 Å². The molecule has 1 rings (SSSR count). The zero-order valence-corrected chi connectivity index (χ0v) is 10.2. The van der Waals surface area contributed by atoms with Crippen molar-refractivity contribution in [3.8, 4) is 0 Å². The van der Waals surface area contributed by atoms with Gasteiger partial charge in [0, 0.05) is 18.8 Å². The van der Waals surface area contributed by atoms with Gasteiger partial charge in [0.15, 0.2) is 0 Å². The zero-order chi connectivity index (χ0) is 12.0. The summed E-state index contributed by atoms with van der Waals surface area (Å²) >= 11 is 0. The number of nitrogens with zero attached hydrogens (tertiary/aromatic N) is 1. The third-order valence-electron chi connectivity index (χ3n) is 2.85. The topological polar surface area (TPSA) is 49.5 Å². The monoisotopic (exact) mass is 222 g/mol. The van der Waals surface area contributed by atoms with E-state index in [0.29, 0.717) is 13.0 Å². The molecular formula is C13H22N2O.